The van der Waals surface area contributed by atoms with Crippen molar-refractivity contribution in [2.75, 3.05) is 38.4 Å². The molecular weight excluding hydrogens is 258 g/mol. The molecule has 1 amide bonds. The third kappa shape index (κ3) is 3.40. The van der Waals surface area contributed by atoms with E-state index in [1.807, 2.05) is 18.9 Å². The maximum Gasteiger partial charge on any atom is 0.340 e. The number of nitrogens with one attached hydrogen (secondary N) is 1. The van der Waals surface area contributed by atoms with Gasteiger partial charge in [-0.1, -0.05) is 13.0 Å². The molecule has 0 aromatic heterocycles. The topological polar surface area (TPSA) is 84.7 Å². The lowest BCUT2D eigenvalue weighted by atomic mass is 10.1. The number of ether oxygens (including phenoxy) is 1. The second-order valence-electron chi connectivity index (χ2n) is 4.63. The molecule has 0 saturated carbocycles. The Morgan fingerprint density at radius 2 is 2.10 bits per heavy atom. The molecule has 6 heteroatoms. The van der Waals surface area contributed by atoms with Gasteiger partial charge < -0.3 is 20.7 Å². The molecule has 0 bridgehead atoms. The number of carbonyl (C=O) groups excluding carboxylic acids is 2. The van der Waals surface area contributed by atoms with Crippen LogP contribution < -0.4 is 16.0 Å². The molecule has 0 aliphatic rings. The molecule has 110 valence electrons. The highest BCUT2D eigenvalue weighted by Gasteiger charge is 2.18. The maximum absolute atomic E-state index is 11.6. The molecule has 0 radical (unpaired) electrons. The summed E-state index contributed by atoms with van der Waals surface area (Å²) in [6, 6.07) is 5.15. The van der Waals surface area contributed by atoms with Crippen LogP contribution in [0.15, 0.2) is 18.2 Å². The maximum atomic E-state index is 11.6. The van der Waals surface area contributed by atoms with E-state index < -0.39 is 5.97 Å². The van der Waals surface area contributed by atoms with Gasteiger partial charge in [-0.15, -0.1) is 0 Å². The number of esters is 1. The van der Waals surface area contributed by atoms with Crippen LogP contribution >= 0.6 is 0 Å². The molecule has 20 heavy (non-hydrogen) atoms. The van der Waals surface area contributed by atoms with Crippen molar-refractivity contribution in [3.05, 3.63) is 23.8 Å². The molecule has 1 unspecified atom stereocenters. The zero-order valence-electron chi connectivity index (χ0n) is 12.3. The third-order valence-electron chi connectivity index (χ3n) is 3.14. The molecule has 1 atom stereocenters. The SMILES string of the molecule is CNC(=O)C(C)CN(C)c1cccc(C(=O)OC)c1N. The van der Waals surface area contributed by atoms with Crippen LogP contribution in [-0.2, 0) is 9.53 Å². The number of hydrogen-bond donors (Lipinski definition) is 2. The molecule has 1 aromatic rings. The number of para-hydroxylation sites is 1. The molecule has 6 nitrogen and oxygen atoms in total. The third-order valence-corrected chi connectivity index (χ3v) is 3.14. The Bertz CT molecular complexity index is 502. The monoisotopic (exact) mass is 279 g/mol. The lowest BCUT2D eigenvalue weighted by Crippen LogP contribution is -2.34. The van der Waals surface area contributed by atoms with E-state index in [2.05, 4.69) is 10.1 Å². The van der Waals surface area contributed by atoms with Crippen molar-refractivity contribution >= 4 is 23.3 Å². The molecule has 0 saturated heterocycles. The minimum Gasteiger partial charge on any atom is -0.465 e. The second-order valence-corrected chi connectivity index (χ2v) is 4.63. The van der Waals surface area contributed by atoms with Crippen molar-refractivity contribution in [2.24, 2.45) is 5.92 Å². The number of anilines is 2. The molecule has 1 rings (SSSR count). The number of benzene rings is 1. The average molecular weight is 279 g/mol. The smallest absolute Gasteiger partial charge is 0.340 e. The van der Waals surface area contributed by atoms with Gasteiger partial charge in [-0.2, -0.15) is 0 Å². The first kappa shape index (κ1) is 15.8. The first-order valence-corrected chi connectivity index (χ1v) is 6.31. The van der Waals surface area contributed by atoms with E-state index in [0.29, 0.717) is 23.5 Å². The van der Waals surface area contributed by atoms with Crippen LogP contribution in [0.1, 0.15) is 17.3 Å². The van der Waals surface area contributed by atoms with Crippen LogP contribution in [0.3, 0.4) is 0 Å². The number of rotatable bonds is 5. The van der Waals surface area contributed by atoms with E-state index in [4.69, 9.17) is 5.73 Å². The number of carbonyl (C=O) groups is 2. The molecule has 0 aliphatic heterocycles. The fourth-order valence-corrected chi connectivity index (χ4v) is 2.01. The number of nitrogen functional groups attached to an aromatic ring is 1. The van der Waals surface area contributed by atoms with Gasteiger partial charge in [0.15, 0.2) is 0 Å². The second kappa shape index (κ2) is 6.79. The summed E-state index contributed by atoms with van der Waals surface area (Å²) in [7, 11) is 4.74. The number of amides is 1. The first-order chi connectivity index (χ1) is 9.42. The van der Waals surface area contributed by atoms with E-state index in [0.717, 1.165) is 0 Å². The highest BCUT2D eigenvalue weighted by atomic mass is 16.5. The highest BCUT2D eigenvalue weighted by molar-refractivity contribution is 5.98. The van der Waals surface area contributed by atoms with Crippen LogP contribution in [0, 0.1) is 5.92 Å². The van der Waals surface area contributed by atoms with E-state index >= 15 is 0 Å². The zero-order valence-corrected chi connectivity index (χ0v) is 12.3. The Hall–Kier alpha value is -2.24. The Morgan fingerprint density at radius 1 is 1.45 bits per heavy atom. The standard InChI is InChI=1S/C14H21N3O3/c1-9(13(18)16-2)8-17(3)11-7-5-6-10(12(11)15)14(19)20-4/h5-7,9H,8,15H2,1-4H3,(H,16,18). The summed E-state index contributed by atoms with van der Waals surface area (Å²) in [5, 5.41) is 2.60. The number of nitrogens with zero attached hydrogens (tertiary/aromatic N) is 1. The van der Waals surface area contributed by atoms with Gasteiger partial charge in [0.05, 0.1) is 30.0 Å². The number of hydrogen-bond acceptors (Lipinski definition) is 5. The quantitative estimate of drug-likeness (QED) is 0.617. The van der Waals surface area contributed by atoms with Crippen LogP contribution in [0.25, 0.3) is 0 Å². The van der Waals surface area contributed by atoms with Gasteiger partial charge in [0.2, 0.25) is 5.91 Å². The summed E-state index contributed by atoms with van der Waals surface area (Å²) >= 11 is 0. The van der Waals surface area contributed by atoms with Crippen molar-refractivity contribution < 1.29 is 14.3 Å². The van der Waals surface area contributed by atoms with Crippen LogP contribution in [-0.4, -0.2) is 39.6 Å². The summed E-state index contributed by atoms with van der Waals surface area (Å²) < 4.78 is 4.69. The van der Waals surface area contributed by atoms with Crippen LogP contribution in [0.4, 0.5) is 11.4 Å². The largest absolute Gasteiger partial charge is 0.465 e. The fourth-order valence-electron chi connectivity index (χ4n) is 2.01. The predicted molar refractivity (Wildman–Crippen MR) is 78.7 cm³/mol. The van der Waals surface area contributed by atoms with Gasteiger partial charge in [0.25, 0.3) is 0 Å². The van der Waals surface area contributed by atoms with Crippen LogP contribution in [0.2, 0.25) is 0 Å². The Kier molecular flexibility index (Phi) is 5.37. The summed E-state index contributed by atoms with van der Waals surface area (Å²) in [5.41, 5.74) is 7.38. The van der Waals surface area contributed by atoms with Crippen molar-refractivity contribution in [1.82, 2.24) is 5.32 Å². The summed E-state index contributed by atoms with van der Waals surface area (Å²) in [4.78, 5) is 25.0. The predicted octanol–water partition coefficient (Wildman–Crippen LogP) is 0.874. The van der Waals surface area contributed by atoms with Gasteiger partial charge >= 0.3 is 5.97 Å². The first-order valence-electron chi connectivity index (χ1n) is 6.31. The molecule has 0 fully saturated rings. The van der Waals surface area contributed by atoms with E-state index in [9.17, 15) is 9.59 Å². The Morgan fingerprint density at radius 3 is 2.65 bits per heavy atom. The van der Waals surface area contributed by atoms with Gasteiger partial charge in [-0.25, -0.2) is 4.79 Å². The minimum absolute atomic E-state index is 0.0421. The molecule has 0 aliphatic carbocycles. The number of methoxy groups -OCH3 is 1. The molecule has 0 spiro atoms. The molecular formula is C14H21N3O3. The Balaban J connectivity index is 2.96. The van der Waals surface area contributed by atoms with Crippen molar-refractivity contribution in [3.8, 4) is 0 Å². The van der Waals surface area contributed by atoms with Gasteiger partial charge in [-0.05, 0) is 12.1 Å². The van der Waals surface area contributed by atoms with Gasteiger partial charge in [-0.3, -0.25) is 4.79 Å². The van der Waals surface area contributed by atoms with Crippen molar-refractivity contribution in [1.29, 1.82) is 0 Å². The zero-order chi connectivity index (χ0) is 15.3. The number of nitrogens with two attached hydrogens (primary N) is 1. The Labute approximate surface area is 118 Å². The van der Waals surface area contributed by atoms with E-state index in [-0.39, 0.29) is 11.8 Å². The average Bonchev–Trinajstić information content (AvgIpc) is 2.45. The van der Waals surface area contributed by atoms with Crippen molar-refractivity contribution in [3.63, 3.8) is 0 Å². The molecule has 0 heterocycles. The lowest BCUT2D eigenvalue weighted by Gasteiger charge is -2.24. The summed E-state index contributed by atoms with van der Waals surface area (Å²) in [5.74, 6) is -0.706. The fraction of sp³-hybridized carbons (Fsp3) is 0.429. The van der Waals surface area contributed by atoms with Gasteiger partial charge in [0.1, 0.15) is 0 Å². The highest BCUT2D eigenvalue weighted by Crippen LogP contribution is 2.26. The van der Waals surface area contributed by atoms with E-state index in [1.54, 1.807) is 25.2 Å². The van der Waals surface area contributed by atoms with Crippen LogP contribution in [0.5, 0.6) is 0 Å². The normalized spacial score (nSPS) is 11.6. The van der Waals surface area contributed by atoms with Crippen molar-refractivity contribution in [2.45, 2.75) is 6.92 Å². The summed E-state index contributed by atoms with van der Waals surface area (Å²) in [6.07, 6.45) is 0. The lowest BCUT2D eigenvalue weighted by molar-refractivity contribution is -0.123. The molecule has 1 aromatic carbocycles. The minimum atomic E-state index is -0.475. The van der Waals surface area contributed by atoms with E-state index in [1.165, 1.54) is 7.11 Å². The summed E-state index contributed by atoms with van der Waals surface area (Å²) in [6.45, 7) is 2.32. The van der Waals surface area contributed by atoms with Gasteiger partial charge in [0, 0.05) is 20.6 Å². The molecule has 3 N–H and O–H groups in total.